The summed E-state index contributed by atoms with van der Waals surface area (Å²) in [6, 6.07) is 4.49. The minimum Gasteiger partial charge on any atom is -0.396 e. The Balaban J connectivity index is 2.06. The molecule has 0 aromatic carbocycles. The first-order valence-electron chi connectivity index (χ1n) is 7.13. The highest BCUT2D eigenvalue weighted by molar-refractivity contribution is 9.10. The number of piperidine rings is 1. The van der Waals surface area contributed by atoms with Gasteiger partial charge in [0.15, 0.2) is 0 Å². The Bertz CT molecular complexity index is 416. The Morgan fingerprint density at radius 2 is 2.15 bits per heavy atom. The summed E-state index contributed by atoms with van der Waals surface area (Å²) in [5.41, 5.74) is 0.931. The molecule has 1 saturated heterocycles. The van der Waals surface area contributed by atoms with E-state index in [1.54, 1.807) is 7.11 Å². The molecule has 4 nitrogen and oxygen atoms in total. The maximum absolute atomic E-state index is 9.06. The molecule has 112 valence electrons. The highest BCUT2D eigenvalue weighted by Crippen LogP contribution is 2.36. The van der Waals surface area contributed by atoms with Gasteiger partial charge in [-0.1, -0.05) is 6.07 Å². The van der Waals surface area contributed by atoms with Crippen LogP contribution in [-0.2, 0) is 10.3 Å². The summed E-state index contributed by atoms with van der Waals surface area (Å²) in [6.45, 7) is 4.41. The molecule has 20 heavy (non-hydrogen) atoms. The van der Waals surface area contributed by atoms with Crippen LogP contribution in [0.1, 0.15) is 31.7 Å². The third-order valence-corrected chi connectivity index (χ3v) is 4.89. The first-order valence-corrected chi connectivity index (χ1v) is 7.93. The van der Waals surface area contributed by atoms with E-state index in [1.807, 2.05) is 12.3 Å². The van der Waals surface area contributed by atoms with Gasteiger partial charge in [0, 0.05) is 44.6 Å². The van der Waals surface area contributed by atoms with E-state index in [0.29, 0.717) is 6.04 Å². The Labute approximate surface area is 129 Å². The van der Waals surface area contributed by atoms with Gasteiger partial charge >= 0.3 is 0 Å². The molecule has 1 aromatic heterocycles. The first-order chi connectivity index (χ1) is 9.61. The highest BCUT2D eigenvalue weighted by Gasteiger charge is 2.37. The van der Waals surface area contributed by atoms with E-state index in [-0.39, 0.29) is 12.2 Å². The van der Waals surface area contributed by atoms with E-state index in [9.17, 15) is 0 Å². The standard InChI is InChI=1S/C15H23BrN2O2/c1-12(5-10-19)18-8-6-15(20-2,7-9-18)13-3-4-14(16)17-11-13/h3-4,11-12,19H,5-10H2,1-2H3/t12-/m0/s1. The Kier molecular flexibility index (Phi) is 5.55. The highest BCUT2D eigenvalue weighted by atomic mass is 79.9. The molecule has 5 heteroatoms. The summed E-state index contributed by atoms with van der Waals surface area (Å²) >= 11 is 3.37. The van der Waals surface area contributed by atoms with Gasteiger partial charge in [0.2, 0.25) is 0 Å². The summed E-state index contributed by atoms with van der Waals surface area (Å²) < 4.78 is 6.71. The number of halogens is 1. The van der Waals surface area contributed by atoms with Crippen molar-refractivity contribution in [1.82, 2.24) is 9.88 Å². The van der Waals surface area contributed by atoms with Crippen molar-refractivity contribution in [1.29, 1.82) is 0 Å². The number of hydrogen-bond acceptors (Lipinski definition) is 4. The summed E-state index contributed by atoms with van der Waals surface area (Å²) in [7, 11) is 1.79. The summed E-state index contributed by atoms with van der Waals surface area (Å²) in [5, 5.41) is 9.06. The largest absolute Gasteiger partial charge is 0.396 e. The van der Waals surface area contributed by atoms with Gasteiger partial charge in [-0.3, -0.25) is 0 Å². The van der Waals surface area contributed by atoms with Gasteiger partial charge in [-0.05, 0) is 48.2 Å². The van der Waals surface area contributed by atoms with Crippen LogP contribution >= 0.6 is 15.9 Å². The smallest absolute Gasteiger partial charge is 0.106 e. The fourth-order valence-corrected chi connectivity index (χ4v) is 3.19. The van der Waals surface area contributed by atoms with Crippen LogP contribution in [0.15, 0.2) is 22.9 Å². The zero-order valence-corrected chi connectivity index (χ0v) is 13.8. The van der Waals surface area contributed by atoms with Gasteiger partial charge in [0.05, 0.1) is 5.60 Å². The van der Waals surface area contributed by atoms with Gasteiger partial charge in [-0.2, -0.15) is 0 Å². The van der Waals surface area contributed by atoms with E-state index in [1.165, 1.54) is 0 Å². The second-order valence-corrected chi connectivity index (χ2v) is 6.28. The maximum Gasteiger partial charge on any atom is 0.106 e. The van der Waals surface area contributed by atoms with Crippen molar-refractivity contribution in [2.24, 2.45) is 0 Å². The van der Waals surface area contributed by atoms with Crippen molar-refractivity contribution in [3.05, 3.63) is 28.5 Å². The third kappa shape index (κ3) is 3.39. The van der Waals surface area contributed by atoms with E-state index in [0.717, 1.165) is 42.5 Å². The summed E-state index contributed by atoms with van der Waals surface area (Å²) in [5.74, 6) is 0. The molecule has 1 fully saturated rings. The van der Waals surface area contributed by atoms with Crippen molar-refractivity contribution in [3.63, 3.8) is 0 Å². The molecule has 0 saturated carbocycles. The SMILES string of the molecule is COC1(c2ccc(Br)nc2)CCN([C@@H](C)CCO)CC1. The molecule has 0 radical (unpaired) electrons. The molecule has 1 aromatic rings. The van der Waals surface area contributed by atoms with Crippen LogP contribution in [0.3, 0.4) is 0 Å². The van der Waals surface area contributed by atoms with Crippen LogP contribution in [0.5, 0.6) is 0 Å². The van der Waals surface area contributed by atoms with Crippen LogP contribution in [0.25, 0.3) is 0 Å². The van der Waals surface area contributed by atoms with Crippen molar-refractivity contribution in [2.75, 3.05) is 26.8 Å². The van der Waals surface area contributed by atoms with E-state index < -0.39 is 0 Å². The second kappa shape index (κ2) is 6.98. The number of rotatable bonds is 5. The minimum atomic E-state index is -0.219. The molecule has 0 aliphatic carbocycles. The van der Waals surface area contributed by atoms with E-state index in [2.05, 4.69) is 38.8 Å². The van der Waals surface area contributed by atoms with Crippen molar-refractivity contribution >= 4 is 15.9 Å². The number of ether oxygens (including phenoxy) is 1. The second-order valence-electron chi connectivity index (χ2n) is 5.47. The van der Waals surface area contributed by atoms with Crippen molar-refractivity contribution in [2.45, 2.75) is 37.8 Å². The number of aliphatic hydroxyl groups excluding tert-OH is 1. The fraction of sp³-hybridized carbons (Fsp3) is 0.667. The molecule has 2 heterocycles. The van der Waals surface area contributed by atoms with Crippen LogP contribution in [0, 0.1) is 0 Å². The van der Waals surface area contributed by atoms with Gasteiger partial charge in [-0.15, -0.1) is 0 Å². The molecule has 1 atom stereocenters. The van der Waals surface area contributed by atoms with E-state index >= 15 is 0 Å². The van der Waals surface area contributed by atoms with Gasteiger partial charge in [-0.25, -0.2) is 4.98 Å². The Morgan fingerprint density at radius 3 is 2.65 bits per heavy atom. The maximum atomic E-state index is 9.06. The molecular weight excluding hydrogens is 320 g/mol. The number of methoxy groups -OCH3 is 1. The van der Waals surface area contributed by atoms with Crippen LogP contribution in [0.4, 0.5) is 0 Å². The molecule has 0 amide bonds. The normalized spacial score (nSPS) is 20.8. The predicted octanol–water partition coefficient (Wildman–Crippen LogP) is 2.55. The number of nitrogens with zero attached hydrogens (tertiary/aromatic N) is 2. The lowest BCUT2D eigenvalue weighted by molar-refractivity contribution is -0.0693. The zero-order valence-electron chi connectivity index (χ0n) is 12.2. The lowest BCUT2D eigenvalue weighted by Gasteiger charge is -2.43. The molecule has 0 spiro atoms. The van der Waals surface area contributed by atoms with E-state index in [4.69, 9.17) is 9.84 Å². The molecular formula is C15H23BrN2O2. The van der Waals surface area contributed by atoms with Crippen LogP contribution < -0.4 is 0 Å². The molecule has 2 rings (SSSR count). The number of pyridine rings is 1. The van der Waals surface area contributed by atoms with Gasteiger partial charge in [0.25, 0.3) is 0 Å². The van der Waals surface area contributed by atoms with Crippen LogP contribution in [-0.4, -0.2) is 47.8 Å². The van der Waals surface area contributed by atoms with Crippen LogP contribution in [0.2, 0.25) is 0 Å². The lowest BCUT2D eigenvalue weighted by atomic mass is 9.84. The Morgan fingerprint density at radius 1 is 1.45 bits per heavy atom. The minimum absolute atomic E-state index is 0.219. The number of aliphatic hydroxyl groups is 1. The number of hydrogen-bond donors (Lipinski definition) is 1. The number of aromatic nitrogens is 1. The lowest BCUT2D eigenvalue weighted by Crippen LogP contribution is -2.47. The topological polar surface area (TPSA) is 45.6 Å². The fourth-order valence-electron chi connectivity index (χ4n) is 2.95. The predicted molar refractivity (Wildman–Crippen MR) is 82.6 cm³/mol. The van der Waals surface area contributed by atoms with Crippen molar-refractivity contribution in [3.8, 4) is 0 Å². The molecule has 1 N–H and O–H groups in total. The zero-order chi connectivity index (χ0) is 14.6. The average molecular weight is 343 g/mol. The van der Waals surface area contributed by atoms with Gasteiger partial charge in [0.1, 0.15) is 4.60 Å². The average Bonchev–Trinajstić information content (AvgIpc) is 2.48. The number of likely N-dealkylation sites (tertiary alicyclic amines) is 1. The first kappa shape index (κ1) is 15.9. The van der Waals surface area contributed by atoms with Gasteiger partial charge < -0.3 is 14.7 Å². The molecule has 1 aliphatic rings. The summed E-state index contributed by atoms with van der Waals surface area (Å²) in [4.78, 5) is 6.75. The Hall–Kier alpha value is -0.490. The third-order valence-electron chi connectivity index (χ3n) is 4.42. The molecule has 0 unspecified atom stereocenters. The molecule has 0 bridgehead atoms. The molecule has 1 aliphatic heterocycles. The van der Waals surface area contributed by atoms with Crippen molar-refractivity contribution < 1.29 is 9.84 Å². The quantitative estimate of drug-likeness (QED) is 0.835. The summed E-state index contributed by atoms with van der Waals surface area (Å²) in [6.07, 6.45) is 4.66. The monoisotopic (exact) mass is 342 g/mol.